The normalized spacial score (nSPS) is 17.1. The summed E-state index contributed by atoms with van der Waals surface area (Å²) in [5, 5.41) is 12.1. The first kappa shape index (κ1) is 26.8. The number of amides is 2. The maximum Gasteiger partial charge on any atom is 0.303 e. The number of nitrogens with zero attached hydrogens (tertiary/aromatic N) is 2. The van der Waals surface area contributed by atoms with Crippen molar-refractivity contribution in [2.24, 2.45) is 0 Å². The van der Waals surface area contributed by atoms with Gasteiger partial charge in [0.05, 0.1) is 29.1 Å². The second-order valence-electron chi connectivity index (χ2n) is 9.13. The van der Waals surface area contributed by atoms with Crippen LogP contribution in [-0.2, 0) is 28.2 Å². The molecule has 2 amide bonds. The summed E-state index contributed by atoms with van der Waals surface area (Å²) in [6, 6.07) is 9.22. The van der Waals surface area contributed by atoms with Crippen LogP contribution in [0.1, 0.15) is 45.1 Å². The molecule has 0 aliphatic carbocycles. The Bertz CT molecular complexity index is 1590. The molecule has 1 atom stereocenters. The summed E-state index contributed by atoms with van der Waals surface area (Å²) in [6.45, 7) is 0.127. The topological polar surface area (TPSA) is 113 Å². The van der Waals surface area contributed by atoms with E-state index in [4.69, 9.17) is 21.1 Å². The van der Waals surface area contributed by atoms with Crippen molar-refractivity contribution in [1.82, 2.24) is 9.88 Å². The van der Waals surface area contributed by atoms with Crippen LogP contribution in [0.5, 0.6) is 0 Å². The van der Waals surface area contributed by atoms with E-state index in [1.54, 1.807) is 24.3 Å². The number of nitrogens with one attached hydrogen (secondary N) is 1. The molecule has 1 fully saturated rings. The Balaban J connectivity index is 1.30. The van der Waals surface area contributed by atoms with Gasteiger partial charge in [0.15, 0.2) is 5.01 Å². The lowest BCUT2D eigenvalue weighted by Gasteiger charge is -2.29. The number of aromatic nitrogens is 1. The van der Waals surface area contributed by atoms with Crippen LogP contribution >= 0.6 is 22.9 Å². The molecule has 0 bridgehead atoms. The van der Waals surface area contributed by atoms with Crippen LogP contribution in [0.4, 0.5) is 14.5 Å². The third kappa shape index (κ3) is 5.37. The van der Waals surface area contributed by atoms with Crippen molar-refractivity contribution in [1.29, 1.82) is 0 Å². The van der Waals surface area contributed by atoms with Gasteiger partial charge in [0.25, 0.3) is 5.91 Å². The average molecular weight is 574 g/mol. The number of aryl methyl sites for hydroxylation is 1. The Morgan fingerprint density at radius 3 is 2.85 bits per heavy atom. The van der Waals surface area contributed by atoms with E-state index >= 15 is 8.78 Å². The van der Waals surface area contributed by atoms with E-state index in [0.717, 1.165) is 22.3 Å². The van der Waals surface area contributed by atoms with E-state index in [1.807, 2.05) is 0 Å². The van der Waals surface area contributed by atoms with Crippen molar-refractivity contribution in [2.75, 3.05) is 11.9 Å². The molecule has 5 rings (SSSR count). The minimum atomic E-state index is -2.16. The van der Waals surface area contributed by atoms with Gasteiger partial charge in [0.2, 0.25) is 11.7 Å². The number of para-hydroxylation sites is 1. The quantitative estimate of drug-likeness (QED) is 0.252. The summed E-state index contributed by atoms with van der Waals surface area (Å²) < 4.78 is 36.5. The molecule has 12 heteroatoms. The summed E-state index contributed by atoms with van der Waals surface area (Å²) in [4.78, 5) is 42.5. The highest BCUT2D eigenvalue weighted by molar-refractivity contribution is 7.11. The van der Waals surface area contributed by atoms with E-state index < -0.39 is 35.8 Å². The number of carbonyl (C=O) groups is 3. The molecule has 2 N–H and O–H groups in total. The molecule has 2 aromatic heterocycles. The summed E-state index contributed by atoms with van der Waals surface area (Å²) in [5.41, 5.74) is 0.738. The number of thiazole rings is 1. The SMILES string of the molecule is O=C(O)CCc1cnc([C@@]2(F)CCCN2C(=O)Cc2cc(Cl)c(NC(=O)c3coc4ccccc34)cc2F)s1. The average Bonchev–Trinajstić information content (AvgIpc) is 3.64. The fourth-order valence-corrected chi connectivity index (χ4v) is 5.85. The first-order valence-corrected chi connectivity index (χ1v) is 13.3. The van der Waals surface area contributed by atoms with Crippen LogP contribution in [0.15, 0.2) is 53.3 Å². The van der Waals surface area contributed by atoms with Crippen LogP contribution in [0, 0.1) is 5.82 Å². The monoisotopic (exact) mass is 573 g/mol. The molecule has 0 radical (unpaired) electrons. The predicted octanol–water partition coefficient (Wildman–Crippen LogP) is 5.94. The lowest BCUT2D eigenvalue weighted by atomic mass is 10.1. The van der Waals surface area contributed by atoms with Gasteiger partial charge in [-0.05, 0) is 36.6 Å². The molecule has 0 unspecified atom stereocenters. The number of rotatable bonds is 8. The molecule has 4 aromatic rings. The molecule has 8 nitrogen and oxygen atoms in total. The zero-order valence-corrected chi connectivity index (χ0v) is 22.0. The number of carboxylic acids is 1. The van der Waals surface area contributed by atoms with Gasteiger partial charge in [-0.3, -0.25) is 14.4 Å². The van der Waals surface area contributed by atoms with Crippen LogP contribution in [0.2, 0.25) is 5.02 Å². The third-order valence-corrected chi connectivity index (χ3v) is 8.03. The summed E-state index contributed by atoms with van der Waals surface area (Å²) in [7, 11) is 0. The van der Waals surface area contributed by atoms with Crippen molar-refractivity contribution in [3.63, 3.8) is 0 Å². The molecular weight excluding hydrogens is 552 g/mol. The number of benzene rings is 2. The van der Waals surface area contributed by atoms with Crippen LogP contribution < -0.4 is 5.32 Å². The van der Waals surface area contributed by atoms with Gasteiger partial charge in [0.1, 0.15) is 17.7 Å². The van der Waals surface area contributed by atoms with Gasteiger partial charge in [-0.2, -0.15) is 0 Å². The maximum absolute atomic E-state index is 16.1. The molecule has 1 saturated heterocycles. The number of aliphatic carboxylic acids is 1. The molecule has 202 valence electrons. The minimum absolute atomic E-state index is 0.0104. The van der Waals surface area contributed by atoms with Gasteiger partial charge in [0, 0.05) is 29.4 Å². The van der Waals surface area contributed by atoms with Crippen LogP contribution in [0.3, 0.4) is 0 Å². The smallest absolute Gasteiger partial charge is 0.303 e. The summed E-state index contributed by atoms with van der Waals surface area (Å²) in [5.74, 6) is -5.11. The first-order valence-electron chi connectivity index (χ1n) is 12.1. The highest BCUT2D eigenvalue weighted by Crippen LogP contribution is 2.42. The number of anilines is 1. The lowest BCUT2D eigenvalue weighted by molar-refractivity contribution is -0.142. The summed E-state index contributed by atoms with van der Waals surface area (Å²) >= 11 is 7.35. The standard InChI is InChI=1S/C27H22ClF2N3O5S/c28-19-10-15(20(29)12-21(19)32-25(37)18-14-38-22-5-2-1-4-17(18)22)11-23(34)33-9-3-8-27(33,30)26-31-13-16(39-26)6-7-24(35)36/h1-2,4-5,10,12-14H,3,6-9,11H2,(H,32,37)(H,35,36)/t27-/m1/s1. The number of likely N-dealkylation sites (tertiary alicyclic amines) is 1. The second kappa shape index (κ2) is 10.7. The Kier molecular flexibility index (Phi) is 7.37. The Morgan fingerprint density at radius 1 is 1.26 bits per heavy atom. The highest BCUT2D eigenvalue weighted by Gasteiger charge is 2.47. The number of carbonyl (C=O) groups excluding carboxylic acids is 2. The molecule has 2 aromatic carbocycles. The van der Waals surface area contributed by atoms with Crippen molar-refractivity contribution in [3.8, 4) is 0 Å². The van der Waals surface area contributed by atoms with E-state index in [-0.39, 0.29) is 52.7 Å². The largest absolute Gasteiger partial charge is 0.481 e. The minimum Gasteiger partial charge on any atom is -0.481 e. The van der Waals surface area contributed by atoms with Gasteiger partial charge < -0.3 is 19.7 Å². The maximum atomic E-state index is 16.1. The van der Waals surface area contributed by atoms with Gasteiger partial charge in [-0.15, -0.1) is 11.3 Å². The Morgan fingerprint density at radius 2 is 2.05 bits per heavy atom. The number of halogens is 3. The fraction of sp³-hybridized carbons (Fsp3) is 0.259. The zero-order chi connectivity index (χ0) is 27.7. The Hall–Kier alpha value is -3.83. The van der Waals surface area contributed by atoms with E-state index in [2.05, 4.69) is 10.3 Å². The molecule has 1 aliphatic rings. The molecule has 39 heavy (non-hydrogen) atoms. The lowest BCUT2D eigenvalue weighted by Crippen LogP contribution is -2.42. The first-order chi connectivity index (χ1) is 18.7. The highest BCUT2D eigenvalue weighted by atomic mass is 35.5. The van der Waals surface area contributed by atoms with Gasteiger partial charge >= 0.3 is 5.97 Å². The predicted molar refractivity (Wildman–Crippen MR) is 141 cm³/mol. The van der Waals surface area contributed by atoms with Crippen LogP contribution in [0.25, 0.3) is 11.0 Å². The number of fused-ring (bicyclic) bond motifs is 1. The van der Waals surface area contributed by atoms with E-state index in [0.29, 0.717) is 22.3 Å². The van der Waals surface area contributed by atoms with Crippen molar-refractivity contribution >= 4 is 57.4 Å². The number of hydrogen-bond acceptors (Lipinski definition) is 6. The number of alkyl halides is 1. The third-order valence-electron chi connectivity index (χ3n) is 6.54. The molecule has 3 heterocycles. The molecule has 0 spiro atoms. The Labute approximate surface area is 230 Å². The van der Waals surface area contributed by atoms with Gasteiger partial charge in [-0.1, -0.05) is 29.8 Å². The van der Waals surface area contributed by atoms with Crippen LogP contribution in [-0.4, -0.2) is 39.3 Å². The van der Waals surface area contributed by atoms with E-state index in [1.165, 1.54) is 18.5 Å². The molecular formula is C27H22ClF2N3O5S. The van der Waals surface area contributed by atoms with Crippen molar-refractivity contribution in [3.05, 3.63) is 80.7 Å². The second-order valence-corrected chi connectivity index (χ2v) is 10.7. The number of carboxylic acid groups (broad SMARTS) is 1. The van der Waals surface area contributed by atoms with E-state index in [9.17, 15) is 14.4 Å². The van der Waals surface area contributed by atoms with Crippen molar-refractivity contribution < 1.29 is 32.7 Å². The molecule has 1 aliphatic heterocycles. The van der Waals surface area contributed by atoms with Crippen molar-refractivity contribution in [2.45, 2.75) is 37.9 Å². The summed E-state index contributed by atoms with van der Waals surface area (Å²) in [6.07, 6.45) is 2.79. The number of hydrogen-bond donors (Lipinski definition) is 2. The number of furan rings is 1. The van der Waals surface area contributed by atoms with Gasteiger partial charge in [-0.25, -0.2) is 13.8 Å². The molecule has 0 saturated carbocycles. The zero-order valence-electron chi connectivity index (χ0n) is 20.4. The fourth-order valence-electron chi connectivity index (χ4n) is 4.58.